The van der Waals surface area contributed by atoms with Crippen LogP contribution in [0, 0.1) is 6.92 Å². The lowest BCUT2D eigenvalue weighted by Crippen LogP contribution is -2.03. The minimum atomic E-state index is -0.807. The number of hydrogen-bond donors (Lipinski definition) is 1. The Balaban J connectivity index is 2.34. The third-order valence-corrected chi connectivity index (χ3v) is 3.15. The van der Waals surface area contributed by atoms with Crippen molar-refractivity contribution in [3.63, 3.8) is 0 Å². The summed E-state index contributed by atoms with van der Waals surface area (Å²) in [4.78, 5) is 4.20. The van der Waals surface area contributed by atoms with Crippen LogP contribution in [0.15, 0.2) is 36.4 Å². The van der Waals surface area contributed by atoms with E-state index in [9.17, 15) is 5.11 Å². The van der Waals surface area contributed by atoms with Gasteiger partial charge in [-0.25, -0.2) is 4.98 Å². The van der Waals surface area contributed by atoms with Crippen LogP contribution in [-0.4, -0.2) is 17.2 Å². The fourth-order valence-electron chi connectivity index (χ4n) is 1.65. The summed E-state index contributed by atoms with van der Waals surface area (Å²) in [6.45, 7) is 1.92. The van der Waals surface area contributed by atoms with Gasteiger partial charge in [0.25, 0.3) is 0 Å². The second-order valence-electron chi connectivity index (χ2n) is 4.02. The zero-order chi connectivity index (χ0) is 13.1. The van der Waals surface area contributed by atoms with Gasteiger partial charge in [0.05, 0.1) is 12.8 Å². The Kier molecular flexibility index (Phi) is 3.84. The molecule has 94 valence electrons. The number of aryl methyl sites for hydroxylation is 1. The Labute approximate surface area is 111 Å². The molecule has 0 radical (unpaired) electrons. The van der Waals surface area contributed by atoms with E-state index in [0.29, 0.717) is 22.2 Å². The molecule has 1 aromatic carbocycles. The van der Waals surface area contributed by atoms with Gasteiger partial charge in [0.2, 0.25) is 5.88 Å². The van der Waals surface area contributed by atoms with Crippen LogP contribution in [0.4, 0.5) is 0 Å². The highest BCUT2D eigenvalue weighted by Gasteiger charge is 2.13. The molecule has 0 aliphatic rings. The number of aliphatic hydroxyl groups excluding tert-OH is 1. The van der Waals surface area contributed by atoms with Gasteiger partial charge >= 0.3 is 0 Å². The van der Waals surface area contributed by atoms with E-state index in [4.69, 9.17) is 16.3 Å². The molecule has 0 saturated heterocycles. The van der Waals surface area contributed by atoms with E-state index in [1.54, 1.807) is 31.4 Å². The van der Waals surface area contributed by atoms with E-state index in [2.05, 4.69) is 4.98 Å². The molecule has 18 heavy (non-hydrogen) atoms. The van der Waals surface area contributed by atoms with E-state index in [1.165, 1.54) is 0 Å². The average Bonchev–Trinajstić information content (AvgIpc) is 2.41. The highest BCUT2D eigenvalue weighted by Crippen LogP contribution is 2.25. The Morgan fingerprint density at radius 1 is 1.28 bits per heavy atom. The largest absolute Gasteiger partial charge is 0.481 e. The second kappa shape index (κ2) is 5.38. The van der Waals surface area contributed by atoms with Crippen LogP contribution in [0.1, 0.15) is 22.9 Å². The highest BCUT2D eigenvalue weighted by atomic mass is 35.5. The zero-order valence-electron chi connectivity index (χ0n) is 10.2. The van der Waals surface area contributed by atoms with Crippen molar-refractivity contribution in [3.8, 4) is 5.88 Å². The summed E-state index contributed by atoms with van der Waals surface area (Å²) in [5, 5.41) is 10.9. The number of aromatic nitrogens is 1. The molecule has 4 heteroatoms. The van der Waals surface area contributed by atoms with Crippen LogP contribution < -0.4 is 4.74 Å². The molecule has 1 aromatic heterocycles. The molecule has 0 amide bonds. The molecule has 0 aliphatic carbocycles. The van der Waals surface area contributed by atoms with Crippen LogP contribution in [0.5, 0.6) is 5.88 Å². The maximum absolute atomic E-state index is 10.3. The number of methoxy groups -OCH3 is 1. The first-order chi connectivity index (χ1) is 8.61. The molecule has 0 saturated carbocycles. The number of halogens is 1. The van der Waals surface area contributed by atoms with Crippen molar-refractivity contribution < 1.29 is 9.84 Å². The molecule has 0 spiro atoms. The van der Waals surface area contributed by atoms with Crippen molar-refractivity contribution in [2.24, 2.45) is 0 Å². The van der Waals surface area contributed by atoms with Gasteiger partial charge in [-0.05, 0) is 30.2 Å². The number of ether oxygens (including phenoxy) is 1. The van der Waals surface area contributed by atoms with Crippen LogP contribution in [-0.2, 0) is 0 Å². The highest BCUT2D eigenvalue weighted by molar-refractivity contribution is 6.31. The quantitative estimate of drug-likeness (QED) is 0.925. The average molecular weight is 264 g/mol. The Morgan fingerprint density at radius 3 is 2.72 bits per heavy atom. The number of aliphatic hydroxyl groups is 1. The van der Waals surface area contributed by atoms with E-state index >= 15 is 0 Å². The number of nitrogens with zero attached hydrogens (tertiary/aromatic N) is 1. The Morgan fingerprint density at radius 2 is 2.06 bits per heavy atom. The van der Waals surface area contributed by atoms with Gasteiger partial charge < -0.3 is 9.84 Å². The third-order valence-electron chi connectivity index (χ3n) is 2.75. The molecule has 0 bridgehead atoms. The third kappa shape index (κ3) is 2.63. The normalized spacial score (nSPS) is 12.2. The standard InChI is InChI=1S/C14H14ClNO2/c1-9-6-7-10(8-11(9)15)14(17)12-4-3-5-13(16-12)18-2/h3-8,14,17H,1-2H3. The summed E-state index contributed by atoms with van der Waals surface area (Å²) in [5.74, 6) is 0.477. The van der Waals surface area contributed by atoms with Gasteiger partial charge in [-0.2, -0.15) is 0 Å². The summed E-state index contributed by atoms with van der Waals surface area (Å²) < 4.78 is 5.04. The topological polar surface area (TPSA) is 42.4 Å². The SMILES string of the molecule is COc1cccc(C(O)c2ccc(C)c(Cl)c2)n1. The Bertz CT molecular complexity index is 557. The minimum Gasteiger partial charge on any atom is -0.481 e. The number of benzene rings is 1. The molecule has 3 nitrogen and oxygen atoms in total. The Hall–Kier alpha value is -1.58. The van der Waals surface area contributed by atoms with Crippen LogP contribution in [0.2, 0.25) is 5.02 Å². The molecular weight excluding hydrogens is 250 g/mol. The smallest absolute Gasteiger partial charge is 0.213 e. The van der Waals surface area contributed by atoms with E-state index in [-0.39, 0.29) is 0 Å². The van der Waals surface area contributed by atoms with Gasteiger partial charge in [0.15, 0.2) is 0 Å². The maximum Gasteiger partial charge on any atom is 0.213 e. The molecule has 2 aromatic rings. The van der Waals surface area contributed by atoms with Crippen molar-refractivity contribution in [1.29, 1.82) is 0 Å². The predicted molar refractivity (Wildman–Crippen MR) is 71.0 cm³/mol. The van der Waals surface area contributed by atoms with Gasteiger partial charge in [-0.3, -0.25) is 0 Å². The van der Waals surface area contributed by atoms with Crippen molar-refractivity contribution in [3.05, 3.63) is 58.2 Å². The zero-order valence-corrected chi connectivity index (χ0v) is 11.0. The molecule has 1 N–H and O–H groups in total. The van der Waals surface area contributed by atoms with Crippen LogP contribution in [0.25, 0.3) is 0 Å². The molecule has 2 rings (SSSR count). The number of pyridine rings is 1. The molecular formula is C14H14ClNO2. The summed E-state index contributed by atoms with van der Waals surface area (Å²) in [6.07, 6.45) is -0.807. The molecule has 1 atom stereocenters. The monoisotopic (exact) mass is 263 g/mol. The summed E-state index contributed by atoms with van der Waals surface area (Å²) in [6, 6.07) is 10.7. The van der Waals surface area contributed by atoms with Crippen molar-refractivity contribution in [1.82, 2.24) is 4.98 Å². The molecule has 1 unspecified atom stereocenters. The lowest BCUT2D eigenvalue weighted by atomic mass is 10.0. The van der Waals surface area contributed by atoms with Gasteiger partial charge in [-0.15, -0.1) is 0 Å². The fourth-order valence-corrected chi connectivity index (χ4v) is 1.84. The first kappa shape index (κ1) is 12.9. The molecule has 1 heterocycles. The van der Waals surface area contributed by atoms with Gasteiger partial charge in [-0.1, -0.05) is 29.8 Å². The number of rotatable bonds is 3. The summed E-state index contributed by atoms with van der Waals surface area (Å²) >= 11 is 6.05. The predicted octanol–water partition coefficient (Wildman–Crippen LogP) is 3.13. The van der Waals surface area contributed by atoms with Crippen molar-refractivity contribution in [2.45, 2.75) is 13.0 Å². The first-order valence-corrected chi connectivity index (χ1v) is 5.94. The van der Waals surface area contributed by atoms with Gasteiger partial charge in [0, 0.05) is 11.1 Å². The van der Waals surface area contributed by atoms with Crippen molar-refractivity contribution >= 4 is 11.6 Å². The minimum absolute atomic E-state index is 0.477. The fraction of sp³-hybridized carbons (Fsp3) is 0.214. The maximum atomic E-state index is 10.3. The van der Waals surface area contributed by atoms with Crippen molar-refractivity contribution in [2.75, 3.05) is 7.11 Å². The first-order valence-electron chi connectivity index (χ1n) is 5.57. The van der Waals surface area contributed by atoms with Crippen LogP contribution in [0.3, 0.4) is 0 Å². The van der Waals surface area contributed by atoms with E-state index in [0.717, 1.165) is 5.56 Å². The lowest BCUT2D eigenvalue weighted by molar-refractivity contribution is 0.214. The van der Waals surface area contributed by atoms with Crippen LogP contribution >= 0.6 is 11.6 Å². The van der Waals surface area contributed by atoms with E-state index < -0.39 is 6.10 Å². The number of hydrogen-bond acceptors (Lipinski definition) is 3. The second-order valence-corrected chi connectivity index (χ2v) is 4.42. The molecule has 0 aliphatic heterocycles. The summed E-state index contributed by atoms with van der Waals surface area (Å²) in [5.41, 5.74) is 2.23. The summed E-state index contributed by atoms with van der Waals surface area (Å²) in [7, 11) is 1.54. The van der Waals surface area contributed by atoms with Gasteiger partial charge in [0.1, 0.15) is 6.10 Å². The lowest BCUT2D eigenvalue weighted by Gasteiger charge is -2.12. The van der Waals surface area contributed by atoms with E-state index in [1.807, 2.05) is 19.1 Å². The molecule has 0 fully saturated rings.